The normalized spacial score (nSPS) is 11.6. The molecule has 0 spiro atoms. The number of aryl methyl sites for hydroxylation is 5. The number of pyridine rings is 1. The van der Waals surface area contributed by atoms with Crippen molar-refractivity contribution in [3.05, 3.63) is 155 Å². The van der Waals surface area contributed by atoms with Crippen LogP contribution in [0.2, 0.25) is 0 Å². The van der Waals surface area contributed by atoms with Gasteiger partial charge in [-0.25, -0.2) is 4.98 Å². The number of hydrogen-bond acceptors (Lipinski definition) is 3. The topological polar surface area (TPSA) is 44.9 Å². The minimum absolute atomic E-state index is 0. The van der Waals surface area contributed by atoms with Gasteiger partial charge in [0.15, 0.2) is 0 Å². The van der Waals surface area contributed by atoms with Crippen molar-refractivity contribution in [1.82, 2.24) is 19.3 Å². The standard InChI is InChI=1S/C49H46N4O.Pd/c1-9-15-35-22-23-50-45(26-35)52-43-19-14-13-18-41(43)42-21-20-39(30-44(42)52)54-40-28-37(49(6,7)8)27-38(29-40)53-48(36-16-11-10-12-17-36)47(34(5)51-53)46-32(3)24-31(2)25-33(46)4;/h10-14,16-28H,9,15H2,1-8H3;/q-2;+2. The van der Waals surface area contributed by atoms with Gasteiger partial charge in [-0.15, -0.1) is 41.3 Å². The fraction of sp³-hybridized carbons (Fsp3) is 0.224. The first-order chi connectivity index (χ1) is 26.0. The summed E-state index contributed by atoms with van der Waals surface area (Å²) >= 11 is 0. The molecule has 0 radical (unpaired) electrons. The van der Waals surface area contributed by atoms with Gasteiger partial charge < -0.3 is 9.30 Å². The Morgan fingerprint density at radius 1 is 0.727 bits per heavy atom. The van der Waals surface area contributed by atoms with Crippen LogP contribution in [-0.4, -0.2) is 19.3 Å². The third-order valence-electron chi connectivity index (χ3n) is 10.3. The summed E-state index contributed by atoms with van der Waals surface area (Å²) in [5.41, 5.74) is 14.2. The van der Waals surface area contributed by atoms with Crippen LogP contribution in [0.15, 0.2) is 109 Å². The largest absolute Gasteiger partial charge is 2.00 e. The molecule has 278 valence electrons. The molecule has 3 aromatic heterocycles. The van der Waals surface area contributed by atoms with Crippen molar-refractivity contribution in [2.24, 2.45) is 0 Å². The minimum Gasteiger partial charge on any atom is -0.509 e. The van der Waals surface area contributed by atoms with E-state index in [-0.39, 0.29) is 25.8 Å². The van der Waals surface area contributed by atoms with E-state index in [0.29, 0.717) is 11.5 Å². The van der Waals surface area contributed by atoms with Gasteiger partial charge in [-0.05, 0) is 91.1 Å². The zero-order valence-corrected chi connectivity index (χ0v) is 34.4. The second kappa shape index (κ2) is 15.1. The van der Waals surface area contributed by atoms with Crippen LogP contribution in [0.4, 0.5) is 0 Å². The number of aromatic nitrogens is 4. The van der Waals surface area contributed by atoms with Crippen LogP contribution in [0.1, 0.15) is 67.6 Å². The third kappa shape index (κ3) is 7.18. The Morgan fingerprint density at radius 3 is 2.18 bits per heavy atom. The number of para-hydroxylation sites is 1. The van der Waals surface area contributed by atoms with Crippen LogP contribution in [0.25, 0.3) is 55.7 Å². The molecular formula is C49H46N4OPd. The van der Waals surface area contributed by atoms with Crippen molar-refractivity contribution >= 4 is 21.8 Å². The van der Waals surface area contributed by atoms with Gasteiger partial charge >= 0.3 is 20.4 Å². The molecule has 5 nitrogen and oxygen atoms in total. The molecule has 5 aromatic carbocycles. The van der Waals surface area contributed by atoms with E-state index in [4.69, 9.17) is 14.8 Å². The monoisotopic (exact) mass is 812 g/mol. The van der Waals surface area contributed by atoms with Crippen molar-refractivity contribution in [3.8, 4) is 45.4 Å². The number of nitrogens with zero attached hydrogens (tertiary/aromatic N) is 4. The Hall–Kier alpha value is -5.28. The molecule has 8 rings (SSSR count). The van der Waals surface area contributed by atoms with Crippen LogP contribution in [0, 0.1) is 39.8 Å². The van der Waals surface area contributed by atoms with Crippen molar-refractivity contribution in [2.45, 2.75) is 73.6 Å². The van der Waals surface area contributed by atoms with Crippen LogP contribution >= 0.6 is 0 Å². The second-order valence-corrected chi connectivity index (χ2v) is 15.5. The van der Waals surface area contributed by atoms with E-state index in [2.05, 4.69) is 174 Å². The molecule has 6 heteroatoms. The summed E-state index contributed by atoms with van der Waals surface area (Å²) in [5.74, 6) is 2.09. The molecule has 55 heavy (non-hydrogen) atoms. The summed E-state index contributed by atoms with van der Waals surface area (Å²) < 4.78 is 11.0. The van der Waals surface area contributed by atoms with Crippen molar-refractivity contribution in [2.75, 3.05) is 0 Å². The molecular weight excluding hydrogens is 767 g/mol. The summed E-state index contributed by atoms with van der Waals surface area (Å²) in [5, 5.41) is 7.50. The fourth-order valence-corrected chi connectivity index (χ4v) is 7.89. The zero-order valence-electron chi connectivity index (χ0n) is 32.8. The summed E-state index contributed by atoms with van der Waals surface area (Å²) in [7, 11) is 0. The molecule has 0 atom stereocenters. The van der Waals surface area contributed by atoms with E-state index in [0.717, 1.165) is 74.2 Å². The van der Waals surface area contributed by atoms with E-state index < -0.39 is 0 Å². The number of ether oxygens (including phenoxy) is 1. The maximum atomic E-state index is 6.77. The molecule has 0 saturated heterocycles. The molecule has 0 aliphatic heterocycles. The average molecular weight is 813 g/mol. The van der Waals surface area contributed by atoms with E-state index >= 15 is 0 Å². The Balaban J connectivity index is 0.00000465. The Labute approximate surface area is 338 Å². The Morgan fingerprint density at radius 2 is 1.45 bits per heavy atom. The maximum Gasteiger partial charge on any atom is 2.00 e. The molecule has 0 aliphatic rings. The van der Waals surface area contributed by atoms with Gasteiger partial charge in [-0.3, -0.25) is 4.68 Å². The van der Waals surface area contributed by atoms with Crippen molar-refractivity contribution in [3.63, 3.8) is 0 Å². The van der Waals surface area contributed by atoms with Gasteiger partial charge in [0.25, 0.3) is 0 Å². The SMILES string of the molecule is CCCc1ccnc(-n2c3[c-]c(Oc4[c-]c(-n5nc(C)c(-c6c(C)cc(C)cc6C)c5-c5ccccc5)cc(C(C)(C)C)c4)ccc3c3ccccc32)c1.[Pd+2]. The quantitative estimate of drug-likeness (QED) is 0.113. The van der Waals surface area contributed by atoms with E-state index in [9.17, 15) is 0 Å². The molecule has 0 N–H and O–H groups in total. The van der Waals surface area contributed by atoms with E-state index in [1.54, 1.807) is 0 Å². The van der Waals surface area contributed by atoms with Gasteiger partial charge in [-0.1, -0.05) is 106 Å². The molecule has 0 fully saturated rings. The molecule has 0 bridgehead atoms. The van der Waals surface area contributed by atoms with Gasteiger partial charge in [0, 0.05) is 34.3 Å². The predicted octanol–water partition coefficient (Wildman–Crippen LogP) is 12.6. The fourth-order valence-electron chi connectivity index (χ4n) is 7.89. The Kier molecular flexibility index (Phi) is 10.4. The maximum absolute atomic E-state index is 6.77. The first kappa shape index (κ1) is 38.0. The van der Waals surface area contributed by atoms with Gasteiger partial charge in [0.1, 0.15) is 5.82 Å². The first-order valence-corrected chi connectivity index (χ1v) is 18.9. The number of hydrogen-bond donors (Lipinski definition) is 0. The second-order valence-electron chi connectivity index (χ2n) is 15.5. The predicted molar refractivity (Wildman–Crippen MR) is 222 cm³/mol. The average Bonchev–Trinajstić information content (AvgIpc) is 3.65. The summed E-state index contributed by atoms with van der Waals surface area (Å²) in [6.45, 7) is 17.5. The number of fused-ring (bicyclic) bond motifs is 3. The summed E-state index contributed by atoms with van der Waals surface area (Å²) in [6, 6.07) is 43.6. The molecule has 0 saturated carbocycles. The van der Waals surface area contributed by atoms with E-state index in [1.165, 1.54) is 27.8 Å². The Bertz CT molecular complexity index is 2660. The van der Waals surface area contributed by atoms with Crippen LogP contribution in [-0.2, 0) is 32.3 Å². The molecule has 8 aromatic rings. The first-order valence-electron chi connectivity index (χ1n) is 18.9. The van der Waals surface area contributed by atoms with Crippen LogP contribution < -0.4 is 4.74 Å². The van der Waals surface area contributed by atoms with Crippen LogP contribution in [0.5, 0.6) is 11.5 Å². The summed E-state index contributed by atoms with van der Waals surface area (Å²) in [4.78, 5) is 4.83. The van der Waals surface area contributed by atoms with Gasteiger partial charge in [-0.2, -0.15) is 11.2 Å². The molecule has 0 unspecified atom stereocenters. The van der Waals surface area contributed by atoms with Crippen LogP contribution in [0.3, 0.4) is 0 Å². The van der Waals surface area contributed by atoms with E-state index in [1.807, 2.05) is 12.3 Å². The summed E-state index contributed by atoms with van der Waals surface area (Å²) in [6.07, 6.45) is 3.98. The van der Waals surface area contributed by atoms with Crippen molar-refractivity contribution in [1.29, 1.82) is 0 Å². The van der Waals surface area contributed by atoms with Gasteiger partial charge in [0.05, 0.1) is 11.4 Å². The number of rotatable bonds is 8. The van der Waals surface area contributed by atoms with Crippen molar-refractivity contribution < 1.29 is 25.2 Å². The number of benzene rings is 5. The molecule has 0 amide bonds. The smallest absolute Gasteiger partial charge is 0.509 e. The molecule has 0 aliphatic carbocycles. The molecule has 3 heterocycles. The minimum atomic E-state index is -0.167. The third-order valence-corrected chi connectivity index (χ3v) is 10.3. The van der Waals surface area contributed by atoms with Gasteiger partial charge in [0.2, 0.25) is 0 Å². The zero-order chi connectivity index (χ0) is 37.7.